The molecule has 0 aromatic heterocycles. The first-order valence-electron chi connectivity index (χ1n) is 5.15. The summed E-state index contributed by atoms with van der Waals surface area (Å²) in [6.07, 6.45) is 1.25. The lowest BCUT2D eigenvalue weighted by Crippen LogP contribution is -2.11. The zero-order valence-electron chi connectivity index (χ0n) is 8.63. The lowest BCUT2D eigenvalue weighted by Gasteiger charge is -2.11. The predicted octanol–water partition coefficient (Wildman–Crippen LogP) is 3.44. The van der Waals surface area contributed by atoms with Gasteiger partial charge in [-0.15, -0.1) is 0 Å². The van der Waals surface area contributed by atoms with Crippen LogP contribution in [0, 0.1) is 0 Å². The molecule has 82 valence electrons. The molecule has 0 amide bonds. The van der Waals surface area contributed by atoms with Gasteiger partial charge in [-0.1, -0.05) is 23.7 Å². The second-order valence-corrected chi connectivity index (χ2v) is 4.78. The van der Waals surface area contributed by atoms with Gasteiger partial charge in [-0.3, -0.25) is 0 Å². The molecule has 1 aliphatic rings. The van der Waals surface area contributed by atoms with Crippen molar-refractivity contribution in [1.82, 2.24) is 0 Å². The summed E-state index contributed by atoms with van der Waals surface area (Å²) in [5.74, 6) is 0. The second-order valence-electron chi connectivity index (χ2n) is 4.37. The van der Waals surface area contributed by atoms with Crippen LogP contribution in [-0.4, -0.2) is 10.7 Å². The van der Waals surface area contributed by atoms with Gasteiger partial charge < -0.3 is 5.11 Å². The number of aliphatic hydroxyl groups is 1. The number of hydrogen-bond acceptors (Lipinski definition) is 1. The molecule has 0 heterocycles. The van der Waals surface area contributed by atoms with Gasteiger partial charge in [0.2, 0.25) is 0 Å². The monoisotopic (exact) mass is 228 g/mol. The van der Waals surface area contributed by atoms with Gasteiger partial charge in [0.1, 0.15) is 6.17 Å². The van der Waals surface area contributed by atoms with E-state index in [-0.39, 0.29) is 0 Å². The Kier molecular flexibility index (Phi) is 2.73. The van der Waals surface area contributed by atoms with E-state index in [0.29, 0.717) is 17.0 Å². The predicted molar refractivity (Wildman–Crippen MR) is 58.9 cm³/mol. The second kappa shape index (κ2) is 3.76. The molecular formula is C12H14ClFO. The minimum absolute atomic E-state index is 0.549. The van der Waals surface area contributed by atoms with Crippen LogP contribution in [0.15, 0.2) is 18.2 Å². The van der Waals surface area contributed by atoms with Crippen molar-refractivity contribution in [2.75, 3.05) is 0 Å². The third-order valence-electron chi connectivity index (χ3n) is 2.88. The molecule has 1 aliphatic carbocycles. The van der Waals surface area contributed by atoms with Crippen LogP contribution < -0.4 is 0 Å². The number of halogens is 2. The molecule has 1 unspecified atom stereocenters. The van der Waals surface area contributed by atoms with Crippen LogP contribution in [0.5, 0.6) is 0 Å². The van der Waals surface area contributed by atoms with Crippen LogP contribution in [0.4, 0.5) is 4.39 Å². The fraction of sp³-hybridized carbons (Fsp3) is 0.500. The molecule has 0 radical (unpaired) electrons. The van der Waals surface area contributed by atoms with Gasteiger partial charge in [0.15, 0.2) is 0 Å². The zero-order valence-corrected chi connectivity index (χ0v) is 9.39. The van der Waals surface area contributed by atoms with Crippen molar-refractivity contribution in [3.05, 3.63) is 34.3 Å². The van der Waals surface area contributed by atoms with E-state index < -0.39 is 11.8 Å². The lowest BCUT2D eigenvalue weighted by atomic mass is 10.0. The number of alkyl halides is 1. The molecule has 1 saturated carbocycles. The highest BCUT2D eigenvalue weighted by Gasteiger charge is 2.40. The Bertz CT molecular complexity index is 372. The molecule has 1 aromatic rings. The van der Waals surface area contributed by atoms with Crippen LogP contribution >= 0.6 is 11.6 Å². The van der Waals surface area contributed by atoms with Crippen molar-refractivity contribution in [3.8, 4) is 0 Å². The molecule has 0 spiro atoms. The van der Waals surface area contributed by atoms with E-state index in [1.807, 2.05) is 6.07 Å². The van der Waals surface area contributed by atoms with Gasteiger partial charge in [-0.25, -0.2) is 4.39 Å². The average molecular weight is 229 g/mol. The molecule has 2 rings (SSSR count). The Balaban J connectivity index is 2.19. The SMILES string of the molecule is CC(F)c1ccc(CC2(O)CC2)c(Cl)c1. The molecule has 0 bridgehead atoms. The molecule has 15 heavy (non-hydrogen) atoms. The fourth-order valence-corrected chi connectivity index (χ4v) is 1.89. The van der Waals surface area contributed by atoms with Crippen molar-refractivity contribution in [3.63, 3.8) is 0 Å². The Morgan fingerprint density at radius 1 is 1.53 bits per heavy atom. The van der Waals surface area contributed by atoms with Crippen LogP contribution in [0.3, 0.4) is 0 Å². The number of hydrogen-bond donors (Lipinski definition) is 1. The molecule has 1 fully saturated rings. The standard InChI is InChI=1S/C12H14ClFO/c1-8(14)9-2-3-10(11(13)6-9)7-12(15)4-5-12/h2-3,6,8,15H,4-5,7H2,1H3. The Labute approximate surface area is 93.9 Å². The topological polar surface area (TPSA) is 20.2 Å². The highest BCUT2D eigenvalue weighted by molar-refractivity contribution is 6.31. The normalized spacial score (nSPS) is 20.0. The molecular weight excluding hydrogens is 215 g/mol. The van der Waals surface area contributed by atoms with Gasteiger partial charge in [-0.05, 0) is 37.0 Å². The third kappa shape index (κ3) is 2.50. The van der Waals surface area contributed by atoms with E-state index >= 15 is 0 Å². The zero-order chi connectivity index (χ0) is 11.1. The summed E-state index contributed by atoms with van der Waals surface area (Å²) in [5, 5.41) is 10.3. The largest absolute Gasteiger partial charge is 0.390 e. The molecule has 1 atom stereocenters. The molecule has 1 nitrogen and oxygen atoms in total. The van der Waals surface area contributed by atoms with E-state index in [2.05, 4.69) is 0 Å². The van der Waals surface area contributed by atoms with Crippen LogP contribution in [0.2, 0.25) is 5.02 Å². The highest BCUT2D eigenvalue weighted by Crippen LogP contribution is 2.39. The number of rotatable bonds is 3. The van der Waals surface area contributed by atoms with Gasteiger partial charge in [0.05, 0.1) is 5.60 Å². The summed E-state index contributed by atoms with van der Waals surface area (Å²) >= 11 is 6.03. The molecule has 0 aliphatic heterocycles. The minimum atomic E-state index is -0.999. The maximum absolute atomic E-state index is 13.0. The van der Waals surface area contributed by atoms with Crippen molar-refractivity contribution < 1.29 is 9.50 Å². The fourth-order valence-electron chi connectivity index (χ4n) is 1.63. The molecule has 0 saturated heterocycles. The first-order chi connectivity index (χ1) is 7.00. The summed E-state index contributed by atoms with van der Waals surface area (Å²) in [7, 11) is 0. The highest BCUT2D eigenvalue weighted by atomic mass is 35.5. The lowest BCUT2D eigenvalue weighted by molar-refractivity contribution is 0.151. The van der Waals surface area contributed by atoms with Crippen molar-refractivity contribution in [2.45, 2.75) is 38.0 Å². The summed E-state index contributed by atoms with van der Waals surface area (Å²) in [6, 6.07) is 5.19. The van der Waals surface area contributed by atoms with Crippen molar-refractivity contribution in [2.24, 2.45) is 0 Å². The summed E-state index contributed by atoms with van der Waals surface area (Å²) in [5.41, 5.74) is 0.944. The van der Waals surface area contributed by atoms with Crippen LogP contribution in [-0.2, 0) is 6.42 Å². The summed E-state index contributed by atoms with van der Waals surface area (Å²) in [4.78, 5) is 0. The quantitative estimate of drug-likeness (QED) is 0.840. The van der Waals surface area contributed by atoms with Crippen LogP contribution in [0.1, 0.15) is 37.1 Å². The van der Waals surface area contributed by atoms with E-state index in [4.69, 9.17) is 11.6 Å². The smallest absolute Gasteiger partial charge is 0.122 e. The van der Waals surface area contributed by atoms with E-state index in [1.54, 1.807) is 12.1 Å². The minimum Gasteiger partial charge on any atom is -0.390 e. The van der Waals surface area contributed by atoms with Gasteiger partial charge in [0, 0.05) is 11.4 Å². The Hall–Kier alpha value is -0.600. The maximum atomic E-state index is 13.0. The maximum Gasteiger partial charge on any atom is 0.122 e. The number of benzene rings is 1. The molecule has 1 aromatic carbocycles. The van der Waals surface area contributed by atoms with E-state index in [1.165, 1.54) is 6.92 Å². The van der Waals surface area contributed by atoms with Gasteiger partial charge >= 0.3 is 0 Å². The van der Waals surface area contributed by atoms with Crippen molar-refractivity contribution in [1.29, 1.82) is 0 Å². The van der Waals surface area contributed by atoms with Gasteiger partial charge in [0.25, 0.3) is 0 Å². The summed E-state index contributed by atoms with van der Waals surface area (Å²) < 4.78 is 13.0. The first kappa shape index (κ1) is 10.9. The molecule has 1 N–H and O–H groups in total. The third-order valence-corrected chi connectivity index (χ3v) is 3.23. The average Bonchev–Trinajstić information content (AvgIpc) is 2.87. The Morgan fingerprint density at radius 2 is 2.20 bits per heavy atom. The van der Waals surface area contributed by atoms with Gasteiger partial charge in [-0.2, -0.15) is 0 Å². The van der Waals surface area contributed by atoms with E-state index in [9.17, 15) is 9.50 Å². The summed E-state index contributed by atoms with van der Waals surface area (Å²) in [6.45, 7) is 1.49. The van der Waals surface area contributed by atoms with E-state index in [0.717, 1.165) is 18.4 Å². The first-order valence-corrected chi connectivity index (χ1v) is 5.53. The molecule has 3 heteroatoms. The van der Waals surface area contributed by atoms with Crippen LogP contribution in [0.25, 0.3) is 0 Å². The van der Waals surface area contributed by atoms with Crippen molar-refractivity contribution >= 4 is 11.6 Å². The Morgan fingerprint density at radius 3 is 2.67 bits per heavy atom.